The van der Waals surface area contributed by atoms with Gasteiger partial charge in [-0.1, -0.05) is 137 Å². The zero-order chi connectivity index (χ0) is 55.7. The minimum atomic E-state index is -1.59. The highest BCUT2D eigenvalue weighted by Crippen LogP contribution is 2.82. The minimum Gasteiger partial charge on any atom is -0.462 e. The second-order valence-electron chi connectivity index (χ2n) is 29.4. The molecule has 4 bridgehead atoms. The van der Waals surface area contributed by atoms with Crippen LogP contribution in [0.2, 0.25) is 0 Å². The average molecular weight is 1090 g/mol. The Kier molecular flexibility index (Phi) is 13.5. The molecule has 4 aromatic carbocycles. The van der Waals surface area contributed by atoms with E-state index in [-0.39, 0.29) is 59.0 Å². The van der Waals surface area contributed by atoms with Crippen molar-refractivity contribution in [2.24, 2.45) is 63.1 Å². The van der Waals surface area contributed by atoms with Gasteiger partial charge in [0.15, 0.2) is 0 Å². The molecule has 6 fully saturated rings. The van der Waals surface area contributed by atoms with Crippen LogP contribution in [0.15, 0.2) is 103 Å². The summed E-state index contributed by atoms with van der Waals surface area (Å²) in [5.74, 6) is 9.09. The van der Waals surface area contributed by atoms with Gasteiger partial charge in [0, 0.05) is 36.7 Å². The third-order valence-electron chi connectivity index (χ3n) is 25.8. The third kappa shape index (κ3) is 8.18. The summed E-state index contributed by atoms with van der Waals surface area (Å²) in [7, 11) is 0. The molecule has 0 saturated heterocycles. The topological polar surface area (TPSA) is 113 Å². The molecule has 6 saturated carbocycles. The number of aliphatic hydroxyl groups excluding tert-OH is 2. The SMILES string of the molecule is CC(=O)O[C@@H]1C[C@@H](C)[C@](O)(CCC2=CC(=O)OC2)[C@@]2([C@@H](O)CC[C@H](C)CCCc3ccccc3)[C@@H](O)CC[C@@](C)([C@H]3C[C@H]4c5cccc6ccc7c(c56)[C@@H]5[C@@H](C[C@@]6(c8ccccc8)CCCC[C@@H]76)[C@]67CC[C@H](CC#C[C@H]3C[C@]54C6)C7)[C@H]12. The summed E-state index contributed by atoms with van der Waals surface area (Å²) in [6, 6.07) is 34.9. The van der Waals surface area contributed by atoms with E-state index in [4.69, 9.17) is 9.47 Å². The lowest BCUT2D eigenvalue weighted by atomic mass is 9.35. The van der Waals surface area contributed by atoms with Gasteiger partial charge in [0.1, 0.15) is 12.7 Å². The number of aryl methyl sites for hydroxylation is 1. The van der Waals surface area contributed by atoms with Gasteiger partial charge >= 0.3 is 11.9 Å². The first-order valence-corrected chi connectivity index (χ1v) is 32.4. The van der Waals surface area contributed by atoms with E-state index in [0.29, 0.717) is 61.7 Å². The summed E-state index contributed by atoms with van der Waals surface area (Å²) < 4.78 is 12.2. The summed E-state index contributed by atoms with van der Waals surface area (Å²) in [5.41, 5.74) is 5.25. The van der Waals surface area contributed by atoms with Gasteiger partial charge < -0.3 is 24.8 Å². The van der Waals surface area contributed by atoms with Crippen LogP contribution in [0.4, 0.5) is 0 Å². The predicted molar refractivity (Wildman–Crippen MR) is 318 cm³/mol. The fourth-order valence-electron chi connectivity index (χ4n) is 22.8. The Bertz CT molecular complexity index is 3170. The molecule has 9 aliphatic carbocycles. The van der Waals surface area contributed by atoms with E-state index in [0.717, 1.165) is 50.5 Å². The molecule has 7 nitrogen and oxygen atoms in total. The van der Waals surface area contributed by atoms with Crippen molar-refractivity contribution in [3.05, 3.63) is 130 Å². The van der Waals surface area contributed by atoms with E-state index >= 15 is 0 Å². The Morgan fingerprint density at radius 3 is 2.44 bits per heavy atom. The van der Waals surface area contributed by atoms with Gasteiger partial charge in [0.25, 0.3) is 0 Å². The van der Waals surface area contributed by atoms with Crippen LogP contribution in [0.3, 0.4) is 0 Å². The second kappa shape index (κ2) is 20.2. The van der Waals surface area contributed by atoms with Gasteiger partial charge in [-0.05, 0) is 223 Å². The first-order chi connectivity index (χ1) is 39.1. The van der Waals surface area contributed by atoms with Crippen molar-refractivity contribution in [3.63, 3.8) is 0 Å². The number of ether oxygens (including phenoxy) is 2. The highest BCUT2D eigenvalue weighted by Gasteiger charge is 2.77. The number of rotatable bonds is 14. The molecule has 10 aliphatic rings. The van der Waals surface area contributed by atoms with Crippen molar-refractivity contribution < 1.29 is 34.4 Å². The van der Waals surface area contributed by atoms with Crippen molar-refractivity contribution in [1.29, 1.82) is 0 Å². The fourth-order valence-corrected chi connectivity index (χ4v) is 22.8. The van der Waals surface area contributed by atoms with E-state index in [9.17, 15) is 24.9 Å². The van der Waals surface area contributed by atoms with Crippen LogP contribution >= 0.6 is 0 Å². The number of aliphatic hydroxyl groups is 3. The molecular weight excluding hydrogens is 1000 g/mol. The molecule has 4 aromatic rings. The number of benzene rings is 4. The zero-order valence-electron chi connectivity index (χ0n) is 49.0. The average Bonchev–Trinajstić information content (AvgIpc) is 1.87. The molecule has 19 atom stereocenters. The normalized spacial score (nSPS) is 41.1. The number of hydrogen-bond donors (Lipinski definition) is 3. The third-order valence-corrected chi connectivity index (χ3v) is 25.8. The number of hydrogen-bond acceptors (Lipinski definition) is 7. The van der Waals surface area contributed by atoms with Crippen LogP contribution in [0, 0.1) is 74.9 Å². The molecule has 1 heterocycles. The Labute approximate surface area is 482 Å². The Morgan fingerprint density at radius 1 is 0.840 bits per heavy atom. The number of esters is 2. The van der Waals surface area contributed by atoms with Crippen LogP contribution < -0.4 is 0 Å². The van der Waals surface area contributed by atoms with Crippen LogP contribution in [-0.4, -0.2) is 57.8 Å². The molecule has 1 aliphatic heterocycles. The van der Waals surface area contributed by atoms with Gasteiger partial charge in [-0.25, -0.2) is 4.79 Å². The van der Waals surface area contributed by atoms with Gasteiger partial charge in [-0.15, -0.1) is 5.92 Å². The first-order valence-electron chi connectivity index (χ1n) is 32.4. The van der Waals surface area contributed by atoms with Crippen molar-refractivity contribution >= 4 is 22.7 Å². The lowest BCUT2D eigenvalue weighted by molar-refractivity contribution is -0.328. The van der Waals surface area contributed by atoms with Crippen molar-refractivity contribution in [2.45, 2.75) is 216 Å². The lowest BCUT2D eigenvalue weighted by Gasteiger charge is -2.71. The van der Waals surface area contributed by atoms with Crippen molar-refractivity contribution in [2.75, 3.05) is 6.61 Å². The Balaban J connectivity index is 0.921. The summed E-state index contributed by atoms with van der Waals surface area (Å²) in [6.45, 7) is 8.47. The number of cyclic esters (lactones) is 1. The molecule has 3 N–H and O–H groups in total. The van der Waals surface area contributed by atoms with Crippen molar-refractivity contribution in [1.82, 2.24) is 0 Å². The van der Waals surface area contributed by atoms with Gasteiger partial charge in [0.05, 0.1) is 23.2 Å². The molecular formula is C74H90O7. The maximum absolute atomic E-state index is 14.3. The lowest BCUT2D eigenvalue weighted by Crippen LogP contribution is -2.77. The standard InChI is InChI=1S/C74H90O7/c1-46(16-13-19-49-17-7-5-8-18-49)27-30-62(76)74-63(77)33-35-69(4,68(74)61(81-48(3)75)38-47(2)73(74,79)37-32-51-39-64(78)80-44-51)58-40-59-55-25-15-21-52-28-29-56-57-26-11-12-34-71(57,54-23-9-6-10-24-54)43-60-67(66(56)65(52)55)72(59)42-53(58)22-14-20-50-31-36-70(60,41-50)45-72/h5-10,15,17-18,21,23-25,28-29,39,46-47,50,53,57-63,67-68,76-77,79H,11-13,16,19-20,26-27,30-38,40-45H2,1-4H3/t46-,47-,50+,53+,57+,58+,59+,60-,61-,62+,63+,67+,68+,69+,70+,71-,72-,73-,74+/m1/s1. The van der Waals surface area contributed by atoms with Gasteiger partial charge in [-0.2, -0.15) is 0 Å². The fraction of sp³-hybridized carbons (Fsp3) is 0.622. The quantitative estimate of drug-likeness (QED) is 0.0851. The molecule has 428 valence electrons. The highest BCUT2D eigenvalue weighted by atomic mass is 16.5. The molecule has 0 amide bonds. The molecule has 81 heavy (non-hydrogen) atoms. The number of fused-ring (bicyclic) bond motifs is 6. The minimum absolute atomic E-state index is 0.00108. The molecule has 0 radical (unpaired) electrons. The Morgan fingerprint density at radius 2 is 1.65 bits per heavy atom. The van der Waals surface area contributed by atoms with Crippen LogP contribution in [-0.2, 0) is 30.9 Å². The first kappa shape index (κ1) is 54.2. The van der Waals surface area contributed by atoms with Gasteiger partial charge in [0.2, 0.25) is 0 Å². The smallest absolute Gasteiger partial charge is 0.331 e. The maximum atomic E-state index is 14.3. The Hall–Kier alpha value is -4.74. The second-order valence-corrected chi connectivity index (χ2v) is 29.4. The van der Waals surface area contributed by atoms with Crippen LogP contribution in [0.1, 0.15) is 208 Å². The largest absolute Gasteiger partial charge is 0.462 e. The van der Waals surface area contributed by atoms with E-state index in [1.165, 1.54) is 81.2 Å². The molecule has 2 spiro atoms. The predicted octanol–water partition coefficient (Wildman–Crippen LogP) is 14.8. The number of carbonyl (C=O) groups excluding carboxylic acids is 2. The van der Waals surface area contributed by atoms with Gasteiger partial charge in [-0.3, -0.25) is 4.79 Å². The van der Waals surface area contributed by atoms with E-state index in [1.54, 1.807) is 28.2 Å². The summed E-state index contributed by atoms with van der Waals surface area (Å²) in [6.07, 6.45) is 19.3. The van der Waals surface area contributed by atoms with E-state index in [2.05, 4.69) is 117 Å². The molecule has 0 unspecified atom stereocenters. The molecule has 7 heteroatoms. The molecule has 14 rings (SSSR count). The summed E-state index contributed by atoms with van der Waals surface area (Å²) in [4.78, 5) is 26.4. The van der Waals surface area contributed by atoms with Crippen LogP contribution in [0.5, 0.6) is 0 Å². The van der Waals surface area contributed by atoms with Crippen molar-refractivity contribution in [3.8, 4) is 11.8 Å². The zero-order valence-corrected chi connectivity index (χ0v) is 49.0. The highest BCUT2D eigenvalue weighted by molar-refractivity contribution is 5.93. The maximum Gasteiger partial charge on any atom is 0.331 e. The summed E-state index contributed by atoms with van der Waals surface area (Å²) in [5, 5.41) is 44.5. The van der Waals surface area contributed by atoms with E-state index < -0.39 is 46.6 Å². The van der Waals surface area contributed by atoms with Crippen LogP contribution in [0.25, 0.3) is 10.8 Å². The summed E-state index contributed by atoms with van der Waals surface area (Å²) >= 11 is 0. The molecule has 0 aromatic heterocycles. The monoisotopic (exact) mass is 1090 g/mol. The number of carbonyl (C=O) groups is 2. The van der Waals surface area contributed by atoms with E-state index in [1.807, 2.05) is 6.92 Å².